The minimum absolute atomic E-state index is 0.0350. The zero-order valence-electron chi connectivity index (χ0n) is 15.0. The third-order valence-corrected chi connectivity index (χ3v) is 61.4. The SMILES string of the molecule is CCCC(OS(=O)(=O)c1ccc(C)cc1)[C]12[CH]3[CH]4[CH]5[CH]1[Fe]45321678[CH]2[CH]1[CH]6[CH]7[CH]28. The van der Waals surface area contributed by atoms with Crippen molar-refractivity contribution in [1.29, 1.82) is 0 Å². The van der Waals surface area contributed by atoms with Crippen LogP contribution in [0.2, 0.25) is 47.7 Å². The maximum absolute atomic E-state index is 13.1. The van der Waals surface area contributed by atoms with E-state index in [9.17, 15) is 8.42 Å². The fourth-order valence-electron chi connectivity index (χ4n) is 18.8. The first-order valence-corrected chi connectivity index (χ1v) is 18.1. The number of hydrogen-bond acceptors (Lipinski definition) is 3. The molecule has 10 aliphatic rings. The average Bonchev–Trinajstić information content (AvgIpc) is 3.54. The predicted molar refractivity (Wildman–Crippen MR) is 94.6 cm³/mol. The molecule has 1 aromatic carbocycles. The van der Waals surface area contributed by atoms with E-state index in [1.165, 1.54) is 33.7 Å². The fourth-order valence-corrected chi connectivity index (χ4v) is 95.0. The van der Waals surface area contributed by atoms with Crippen molar-refractivity contribution in [2.24, 2.45) is 0 Å². The van der Waals surface area contributed by atoms with Gasteiger partial charge in [0.1, 0.15) is 0 Å². The van der Waals surface area contributed by atoms with Gasteiger partial charge in [0.05, 0.1) is 0 Å². The number of fused-ring (bicyclic) bond motifs is 10. The Bertz CT molecular complexity index is 1400. The van der Waals surface area contributed by atoms with Crippen LogP contribution in [0.4, 0.5) is 0 Å². The summed E-state index contributed by atoms with van der Waals surface area (Å²) >= 11 is 0. The Morgan fingerprint density at radius 3 is 1.92 bits per heavy atom. The molecule has 11 rings (SSSR count). The van der Waals surface area contributed by atoms with Crippen molar-refractivity contribution < 1.29 is 19.1 Å². The molecule has 0 N–H and O–H groups in total. The summed E-state index contributed by atoms with van der Waals surface area (Å²) in [6.07, 6.45) is 2.05. The second-order valence-corrected chi connectivity index (χ2v) is 38.6. The average molecular weight is 412 g/mol. The molecule has 5 atom stereocenters. The predicted octanol–water partition coefficient (Wildman–Crippen LogP) is 5.63. The van der Waals surface area contributed by atoms with E-state index in [2.05, 4.69) is 6.92 Å². The van der Waals surface area contributed by atoms with Crippen LogP contribution in [0.25, 0.3) is 0 Å². The maximum atomic E-state index is 13.1. The summed E-state index contributed by atoms with van der Waals surface area (Å²) in [5.41, 5.74) is 1.09. The molecule has 140 valence electrons. The third kappa shape index (κ3) is 0.206. The van der Waals surface area contributed by atoms with Gasteiger partial charge in [-0.25, -0.2) is 0 Å². The molecule has 0 bridgehead atoms. The summed E-state index contributed by atoms with van der Waals surface area (Å²) < 4.78 is 33.0. The van der Waals surface area contributed by atoms with Crippen molar-refractivity contribution in [2.45, 2.75) is 85.3 Å². The Morgan fingerprint density at radius 2 is 1.54 bits per heavy atom. The van der Waals surface area contributed by atoms with E-state index < -0.39 is 16.6 Å². The molecular weight excluding hydrogens is 388 g/mol. The molecule has 0 aromatic heterocycles. The summed E-state index contributed by atoms with van der Waals surface area (Å²) in [6.45, 7) is 0.861. The van der Waals surface area contributed by atoms with E-state index in [0.29, 0.717) is 9.21 Å². The van der Waals surface area contributed by atoms with E-state index in [1.807, 2.05) is 19.1 Å². The van der Waals surface area contributed by atoms with Crippen LogP contribution in [0.1, 0.15) is 25.3 Å². The van der Waals surface area contributed by atoms with E-state index in [4.69, 9.17) is 4.18 Å². The van der Waals surface area contributed by atoms with Crippen molar-refractivity contribution >= 4 is 10.1 Å². The van der Waals surface area contributed by atoms with Gasteiger partial charge in [0.15, 0.2) is 0 Å². The van der Waals surface area contributed by atoms with Gasteiger partial charge >= 0.3 is 144 Å². The molecule has 10 saturated heterocycles. The molecule has 3 nitrogen and oxygen atoms in total. The van der Waals surface area contributed by atoms with Gasteiger partial charge in [0.25, 0.3) is 0 Å². The molecule has 26 heavy (non-hydrogen) atoms. The minimum atomic E-state index is -3.64. The first kappa shape index (κ1) is 12.3. The van der Waals surface area contributed by atoms with Gasteiger partial charge in [-0.15, -0.1) is 0 Å². The van der Waals surface area contributed by atoms with Crippen LogP contribution < -0.4 is 0 Å². The normalized spacial score (nSPS) is 83.8. The van der Waals surface area contributed by atoms with E-state index in [0.717, 1.165) is 28.0 Å². The molecule has 10 fully saturated rings. The monoisotopic (exact) mass is 412 g/mol. The van der Waals surface area contributed by atoms with Crippen LogP contribution >= 0.6 is 0 Å². The Kier molecular flexibility index (Phi) is 0.655. The topological polar surface area (TPSA) is 43.4 Å². The first-order valence-electron chi connectivity index (χ1n) is 10.4. The summed E-state index contributed by atoms with van der Waals surface area (Å²) in [5.74, 6) is 0. The summed E-state index contributed by atoms with van der Waals surface area (Å²) in [7, 11) is -3.64. The Balaban J connectivity index is 1.13. The van der Waals surface area contributed by atoms with Gasteiger partial charge in [0, 0.05) is 0 Å². The Hall–Kier alpha value is -0.351. The van der Waals surface area contributed by atoms with Crippen molar-refractivity contribution in [2.75, 3.05) is 0 Å². The first-order chi connectivity index (χ1) is 12.2. The van der Waals surface area contributed by atoms with Gasteiger partial charge in [-0.1, -0.05) is 0 Å². The zero-order chi connectivity index (χ0) is 17.2. The van der Waals surface area contributed by atoms with Crippen LogP contribution in [-0.4, -0.2) is 14.5 Å². The van der Waals surface area contributed by atoms with Crippen molar-refractivity contribution in [3.8, 4) is 0 Å². The number of benzene rings is 1. The third-order valence-electron chi connectivity index (χ3n) is 17.4. The summed E-state index contributed by atoms with van der Waals surface area (Å²) in [5, 5.41) is 0. The van der Waals surface area contributed by atoms with Gasteiger partial charge in [-0.3, -0.25) is 0 Å². The van der Waals surface area contributed by atoms with E-state index >= 15 is 0 Å². The molecule has 1 aromatic rings. The van der Waals surface area contributed by atoms with Crippen molar-refractivity contribution in [3.05, 3.63) is 29.8 Å². The molecular formula is C21H24FeO3S. The molecule has 0 aliphatic carbocycles. The van der Waals surface area contributed by atoms with Crippen LogP contribution in [0.5, 0.6) is 0 Å². The van der Waals surface area contributed by atoms with Crippen molar-refractivity contribution in [3.63, 3.8) is 0 Å². The fraction of sp³-hybridized carbons (Fsp3) is 0.714. The molecule has 0 amide bonds. The number of aryl methyl sites for hydroxylation is 1. The second-order valence-electron chi connectivity index (χ2n) is 13.4. The molecule has 10 aliphatic heterocycles. The zero-order valence-corrected chi connectivity index (χ0v) is 16.9. The van der Waals surface area contributed by atoms with Crippen LogP contribution in [-0.2, 0) is 20.8 Å². The van der Waals surface area contributed by atoms with Crippen LogP contribution in [0, 0.1) is 6.92 Å². The second kappa shape index (κ2) is 1.39. The van der Waals surface area contributed by atoms with E-state index in [1.54, 1.807) is 12.1 Å². The summed E-state index contributed by atoms with van der Waals surface area (Å²) in [4.78, 5) is 11.0. The Morgan fingerprint density at radius 1 is 1.00 bits per heavy atom. The number of hydrogen-bond donors (Lipinski definition) is 0. The molecule has 0 radical (unpaired) electrons. The molecule has 5 heteroatoms. The van der Waals surface area contributed by atoms with Gasteiger partial charge < -0.3 is 0 Å². The molecule has 5 unspecified atom stereocenters. The van der Waals surface area contributed by atoms with Crippen molar-refractivity contribution in [1.82, 2.24) is 0 Å². The standard InChI is InChI=1S/C16H19O3S.C5H5.Fe/c1-3-6-16(14-7-4-5-8-14)19-20(17,18)15-11-9-13(2)10-12-15;1-2-4-5-3-1;/h4-5,7-12,16H,3,6H2,1-2H3;1-5H;. The Labute approximate surface area is 144 Å². The van der Waals surface area contributed by atoms with Gasteiger partial charge in [-0.2, -0.15) is 0 Å². The quantitative estimate of drug-likeness (QED) is 0.449. The van der Waals surface area contributed by atoms with Crippen LogP contribution in [0.15, 0.2) is 29.2 Å². The molecule has 0 saturated carbocycles. The van der Waals surface area contributed by atoms with Crippen LogP contribution in [0.3, 0.4) is 0 Å². The van der Waals surface area contributed by atoms with Gasteiger partial charge in [0.2, 0.25) is 0 Å². The number of rotatable bonds is 6. The molecule has 10 heterocycles. The van der Waals surface area contributed by atoms with E-state index in [-0.39, 0.29) is 6.10 Å². The molecule has 1 spiro atoms. The summed E-state index contributed by atoms with van der Waals surface area (Å²) in [6, 6.07) is 7.23. The van der Waals surface area contributed by atoms with Gasteiger partial charge in [-0.05, 0) is 0 Å².